The van der Waals surface area contributed by atoms with Crippen LogP contribution in [0.4, 0.5) is 0 Å². The van der Waals surface area contributed by atoms with Crippen LogP contribution < -0.4 is 0 Å². The smallest absolute Gasteiger partial charge is 0.243 e. The number of amides is 1. The number of carbonyl (C=O) groups is 1. The summed E-state index contributed by atoms with van der Waals surface area (Å²) >= 11 is 5.86. The first-order chi connectivity index (χ1) is 12.4. The lowest BCUT2D eigenvalue weighted by atomic mass is 9.92. The summed E-state index contributed by atoms with van der Waals surface area (Å²) in [5, 5.41) is 0.504. The van der Waals surface area contributed by atoms with Crippen LogP contribution in [0.5, 0.6) is 0 Å². The molecule has 1 aromatic rings. The molecule has 1 unspecified atom stereocenters. The first-order valence-electron chi connectivity index (χ1n) is 9.42. The van der Waals surface area contributed by atoms with Crippen molar-refractivity contribution in [2.45, 2.75) is 55.9 Å². The first-order valence-corrected chi connectivity index (χ1v) is 11.2. The SMILES string of the molecule is CN(C(=O)C1CCCN(S(=O)(=O)c2ccc(Cl)cc2)C1)C1CCCCC1. The van der Waals surface area contributed by atoms with Gasteiger partial charge in [0, 0.05) is 31.2 Å². The van der Waals surface area contributed by atoms with E-state index < -0.39 is 10.0 Å². The zero-order chi connectivity index (χ0) is 18.7. The summed E-state index contributed by atoms with van der Waals surface area (Å²) in [5.74, 6) is -0.161. The zero-order valence-electron chi connectivity index (χ0n) is 15.2. The molecule has 1 saturated heterocycles. The Labute approximate surface area is 161 Å². The summed E-state index contributed by atoms with van der Waals surface area (Å²) in [5.41, 5.74) is 0. The molecule has 1 heterocycles. The second-order valence-electron chi connectivity index (χ2n) is 7.40. The van der Waals surface area contributed by atoms with E-state index in [0.29, 0.717) is 24.0 Å². The van der Waals surface area contributed by atoms with Gasteiger partial charge in [0.1, 0.15) is 0 Å². The predicted molar refractivity (Wildman–Crippen MR) is 103 cm³/mol. The number of nitrogens with zero attached hydrogens (tertiary/aromatic N) is 2. The van der Waals surface area contributed by atoms with Crippen LogP contribution in [-0.4, -0.2) is 49.7 Å². The zero-order valence-corrected chi connectivity index (χ0v) is 16.8. The van der Waals surface area contributed by atoms with E-state index in [1.807, 2.05) is 11.9 Å². The van der Waals surface area contributed by atoms with E-state index in [2.05, 4.69) is 0 Å². The highest BCUT2D eigenvalue weighted by Crippen LogP contribution is 2.28. The molecule has 1 aromatic carbocycles. The molecule has 1 saturated carbocycles. The van der Waals surface area contributed by atoms with E-state index in [1.54, 1.807) is 12.1 Å². The van der Waals surface area contributed by atoms with Crippen LogP contribution >= 0.6 is 11.6 Å². The summed E-state index contributed by atoms with van der Waals surface area (Å²) in [6, 6.07) is 6.52. The van der Waals surface area contributed by atoms with Gasteiger partial charge in [0.25, 0.3) is 0 Å². The Bertz CT molecular complexity index is 730. The number of carbonyl (C=O) groups excluding carboxylic acids is 1. The van der Waals surface area contributed by atoms with Crippen LogP contribution in [0, 0.1) is 5.92 Å². The first kappa shape index (κ1) is 19.6. The van der Waals surface area contributed by atoms with Crippen molar-refractivity contribution in [1.29, 1.82) is 0 Å². The van der Waals surface area contributed by atoms with Gasteiger partial charge in [-0.3, -0.25) is 4.79 Å². The molecule has 2 fully saturated rings. The monoisotopic (exact) mass is 398 g/mol. The number of rotatable bonds is 4. The largest absolute Gasteiger partial charge is 0.342 e. The Morgan fingerprint density at radius 1 is 1.08 bits per heavy atom. The fraction of sp³-hybridized carbons (Fsp3) is 0.632. The van der Waals surface area contributed by atoms with Crippen molar-refractivity contribution in [2.24, 2.45) is 5.92 Å². The maximum atomic E-state index is 12.9. The van der Waals surface area contributed by atoms with Gasteiger partial charge in [-0.05, 0) is 49.9 Å². The maximum Gasteiger partial charge on any atom is 0.243 e. The van der Waals surface area contributed by atoms with E-state index in [0.717, 1.165) is 19.3 Å². The molecule has 1 atom stereocenters. The maximum absolute atomic E-state index is 12.9. The minimum Gasteiger partial charge on any atom is -0.342 e. The number of piperidine rings is 1. The molecule has 5 nitrogen and oxygen atoms in total. The fourth-order valence-electron chi connectivity index (χ4n) is 4.05. The van der Waals surface area contributed by atoms with E-state index in [4.69, 9.17) is 11.6 Å². The van der Waals surface area contributed by atoms with Gasteiger partial charge in [-0.25, -0.2) is 8.42 Å². The van der Waals surface area contributed by atoms with Crippen molar-refractivity contribution in [3.8, 4) is 0 Å². The highest BCUT2D eigenvalue weighted by Gasteiger charge is 2.35. The van der Waals surface area contributed by atoms with Gasteiger partial charge in [0.2, 0.25) is 15.9 Å². The second kappa shape index (κ2) is 8.28. The highest BCUT2D eigenvalue weighted by molar-refractivity contribution is 7.89. The van der Waals surface area contributed by atoms with Gasteiger partial charge in [0.05, 0.1) is 10.8 Å². The van der Waals surface area contributed by atoms with Crippen molar-refractivity contribution in [3.05, 3.63) is 29.3 Å². The molecular weight excluding hydrogens is 372 g/mol. The third kappa shape index (κ3) is 4.24. The number of hydrogen-bond donors (Lipinski definition) is 0. The number of halogens is 1. The van der Waals surface area contributed by atoms with Gasteiger partial charge in [-0.2, -0.15) is 4.31 Å². The molecule has 0 radical (unpaired) electrons. The quantitative estimate of drug-likeness (QED) is 0.779. The number of benzene rings is 1. The lowest BCUT2D eigenvalue weighted by Crippen LogP contribution is -2.48. The molecule has 0 N–H and O–H groups in total. The lowest BCUT2D eigenvalue weighted by molar-refractivity contribution is -0.138. The standard InChI is InChI=1S/C19H27ClN2O3S/c1-21(17-7-3-2-4-8-17)19(23)15-6-5-13-22(14-15)26(24,25)18-11-9-16(20)10-12-18/h9-12,15,17H,2-8,13-14H2,1H3. The third-order valence-corrected chi connectivity index (χ3v) is 7.79. The Balaban J connectivity index is 1.70. The highest BCUT2D eigenvalue weighted by atomic mass is 35.5. The van der Waals surface area contributed by atoms with E-state index in [9.17, 15) is 13.2 Å². The molecular formula is C19H27ClN2O3S. The molecule has 7 heteroatoms. The van der Waals surface area contributed by atoms with Crippen molar-refractivity contribution < 1.29 is 13.2 Å². The Morgan fingerprint density at radius 3 is 2.38 bits per heavy atom. The molecule has 0 bridgehead atoms. The third-order valence-electron chi connectivity index (χ3n) is 5.65. The second-order valence-corrected chi connectivity index (χ2v) is 9.77. The van der Waals surface area contributed by atoms with E-state index in [-0.39, 0.29) is 23.3 Å². The van der Waals surface area contributed by atoms with Gasteiger partial charge in [-0.15, -0.1) is 0 Å². The Hall–Kier alpha value is -1.11. The molecule has 3 rings (SSSR count). The van der Waals surface area contributed by atoms with Crippen LogP contribution in [0.15, 0.2) is 29.2 Å². The number of sulfonamides is 1. The topological polar surface area (TPSA) is 57.7 Å². The summed E-state index contributed by atoms with van der Waals surface area (Å²) in [6.07, 6.45) is 7.16. The van der Waals surface area contributed by atoms with Crippen molar-refractivity contribution in [3.63, 3.8) is 0 Å². The lowest BCUT2D eigenvalue weighted by Gasteiger charge is -2.37. The van der Waals surface area contributed by atoms with Gasteiger partial charge in [0.15, 0.2) is 0 Å². The summed E-state index contributed by atoms with van der Waals surface area (Å²) in [6.45, 7) is 0.725. The fourth-order valence-corrected chi connectivity index (χ4v) is 5.70. The Kier molecular flexibility index (Phi) is 6.25. The van der Waals surface area contributed by atoms with Crippen molar-refractivity contribution in [1.82, 2.24) is 9.21 Å². The van der Waals surface area contributed by atoms with Gasteiger partial charge in [-0.1, -0.05) is 30.9 Å². The Morgan fingerprint density at radius 2 is 1.73 bits per heavy atom. The van der Waals surface area contributed by atoms with Crippen LogP contribution in [0.25, 0.3) is 0 Å². The molecule has 1 aliphatic carbocycles. The van der Waals surface area contributed by atoms with Crippen LogP contribution in [0.3, 0.4) is 0 Å². The minimum atomic E-state index is -3.59. The molecule has 0 aromatic heterocycles. The van der Waals surface area contributed by atoms with E-state index >= 15 is 0 Å². The summed E-state index contributed by atoms with van der Waals surface area (Å²) in [4.78, 5) is 15.0. The minimum absolute atomic E-state index is 0.0907. The average Bonchev–Trinajstić information content (AvgIpc) is 2.68. The predicted octanol–water partition coefficient (Wildman–Crippen LogP) is 3.53. The van der Waals surface area contributed by atoms with Crippen LogP contribution in [0.2, 0.25) is 5.02 Å². The molecule has 2 aliphatic rings. The molecule has 1 amide bonds. The molecule has 0 spiro atoms. The average molecular weight is 399 g/mol. The normalized spacial score (nSPS) is 22.9. The van der Waals surface area contributed by atoms with Crippen molar-refractivity contribution >= 4 is 27.5 Å². The van der Waals surface area contributed by atoms with Crippen molar-refractivity contribution in [2.75, 3.05) is 20.1 Å². The summed E-state index contributed by atoms with van der Waals surface area (Å²) in [7, 11) is -1.71. The van der Waals surface area contributed by atoms with Crippen LogP contribution in [0.1, 0.15) is 44.9 Å². The molecule has 1 aliphatic heterocycles. The number of hydrogen-bond acceptors (Lipinski definition) is 3. The molecule has 26 heavy (non-hydrogen) atoms. The van der Waals surface area contributed by atoms with Gasteiger partial charge < -0.3 is 4.90 Å². The summed E-state index contributed by atoms with van der Waals surface area (Å²) < 4.78 is 27.2. The van der Waals surface area contributed by atoms with Gasteiger partial charge >= 0.3 is 0 Å². The van der Waals surface area contributed by atoms with Crippen LogP contribution in [-0.2, 0) is 14.8 Å². The molecule has 144 valence electrons. The van der Waals surface area contributed by atoms with E-state index in [1.165, 1.54) is 35.7 Å².